The van der Waals surface area contributed by atoms with Gasteiger partial charge in [0.2, 0.25) is 5.95 Å². The van der Waals surface area contributed by atoms with Crippen LogP contribution in [-0.2, 0) is 17.7 Å². The highest BCUT2D eigenvalue weighted by atomic mass is 35.5. The maximum Gasteiger partial charge on any atom is 0.225 e. The zero-order valence-corrected chi connectivity index (χ0v) is 15.3. The Labute approximate surface area is 156 Å². The summed E-state index contributed by atoms with van der Waals surface area (Å²) < 4.78 is 20.8. The minimum absolute atomic E-state index is 0.206. The largest absolute Gasteiger partial charge is 0.383 e. The van der Waals surface area contributed by atoms with E-state index in [-0.39, 0.29) is 6.04 Å². The molecule has 0 amide bonds. The molecule has 0 N–H and O–H groups in total. The lowest BCUT2D eigenvalue weighted by atomic mass is 10.0. The number of ether oxygens (including phenoxy) is 1. The molecule has 0 radical (unpaired) electrons. The zero-order chi connectivity index (χ0) is 18.1. The molecule has 7 heteroatoms. The van der Waals surface area contributed by atoms with E-state index in [1.165, 1.54) is 23.5 Å². The molecule has 5 nitrogen and oxygen atoms in total. The molecule has 0 saturated carbocycles. The van der Waals surface area contributed by atoms with Gasteiger partial charge in [0.05, 0.1) is 25.0 Å². The molecule has 0 spiro atoms. The first-order valence-corrected chi connectivity index (χ1v) is 9.04. The SMILES string of the molecule is COCCN(c1ncc(F)cn1)C1CCc2cc3ccc(Cl)cc3n2C1. The zero-order valence-electron chi connectivity index (χ0n) is 14.5. The van der Waals surface area contributed by atoms with Gasteiger partial charge in [-0.2, -0.15) is 0 Å². The smallest absolute Gasteiger partial charge is 0.225 e. The average molecular weight is 375 g/mol. The average Bonchev–Trinajstić information content (AvgIpc) is 3.01. The van der Waals surface area contributed by atoms with Crippen LogP contribution in [0.3, 0.4) is 0 Å². The molecule has 1 atom stereocenters. The van der Waals surface area contributed by atoms with Gasteiger partial charge in [-0.3, -0.25) is 0 Å². The van der Waals surface area contributed by atoms with Gasteiger partial charge in [-0.15, -0.1) is 0 Å². The van der Waals surface area contributed by atoms with Gasteiger partial charge in [0, 0.05) is 36.4 Å². The van der Waals surface area contributed by atoms with Crippen LogP contribution in [0.15, 0.2) is 36.7 Å². The maximum atomic E-state index is 13.2. The fraction of sp³-hybridized carbons (Fsp3) is 0.368. The summed E-state index contributed by atoms with van der Waals surface area (Å²) in [6, 6.07) is 8.43. The van der Waals surface area contributed by atoms with E-state index in [1.54, 1.807) is 7.11 Å². The van der Waals surface area contributed by atoms with Gasteiger partial charge in [-0.25, -0.2) is 14.4 Å². The molecular formula is C19H20ClFN4O. The Morgan fingerprint density at radius 3 is 2.88 bits per heavy atom. The van der Waals surface area contributed by atoms with Crippen LogP contribution in [0.1, 0.15) is 12.1 Å². The molecule has 0 saturated heterocycles. The standard InChI is InChI=1S/C19H20ClFN4O/c1-26-7-6-24(19-22-10-15(21)11-23-19)17-5-4-16-8-13-2-3-14(20)9-18(13)25(16)12-17/h2-3,8-11,17H,4-7,12H2,1H3. The van der Waals surface area contributed by atoms with Crippen LogP contribution < -0.4 is 4.90 Å². The highest BCUT2D eigenvalue weighted by molar-refractivity contribution is 6.31. The Kier molecular flexibility index (Phi) is 4.78. The maximum absolute atomic E-state index is 13.2. The van der Waals surface area contributed by atoms with Crippen LogP contribution >= 0.6 is 11.6 Å². The summed E-state index contributed by atoms with van der Waals surface area (Å²) in [6.07, 6.45) is 4.36. The van der Waals surface area contributed by atoms with E-state index in [0.29, 0.717) is 19.1 Å². The molecule has 3 heterocycles. The van der Waals surface area contributed by atoms with Crippen molar-refractivity contribution in [3.8, 4) is 0 Å². The summed E-state index contributed by atoms with van der Waals surface area (Å²) in [6.45, 7) is 2.02. The number of halogens is 2. The Morgan fingerprint density at radius 2 is 2.12 bits per heavy atom. The summed E-state index contributed by atoms with van der Waals surface area (Å²) >= 11 is 6.20. The minimum atomic E-state index is -0.433. The number of hydrogen-bond donors (Lipinski definition) is 0. The third-order valence-corrected chi connectivity index (χ3v) is 5.15. The predicted molar refractivity (Wildman–Crippen MR) is 100 cm³/mol. The van der Waals surface area contributed by atoms with Gasteiger partial charge in [-0.1, -0.05) is 17.7 Å². The summed E-state index contributed by atoms with van der Waals surface area (Å²) in [7, 11) is 1.67. The van der Waals surface area contributed by atoms with Crippen molar-refractivity contribution in [3.63, 3.8) is 0 Å². The lowest BCUT2D eigenvalue weighted by molar-refractivity contribution is 0.200. The molecule has 0 aliphatic carbocycles. The molecule has 26 heavy (non-hydrogen) atoms. The first kappa shape index (κ1) is 17.2. The molecule has 136 valence electrons. The normalized spacial score (nSPS) is 16.7. The second-order valence-corrected chi connectivity index (χ2v) is 6.97. The summed E-state index contributed by atoms with van der Waals surface area (Å²) in [5.74, 6) is 0.101. The Morgan fingerprint density at radius 1 is 1.31 bits per heavy atom. The van der Waals surface area contributed by atoms with Crippen molar-refractivity contribution in [1.29, 1.82) is 0 Å². The van der Waals surface area contributed by atoms with Gasteiger partial charge < -0.3 is 14.2 Å². The van der Waals surface area contributed by atoms with E-state index in [1.807, 2.05) is 12.1 Å². The number of nitrogens with zero attached hydrogens (tertiary/aromatic N) is 4. The predicted octanol–water partition coefficient (Wildman–Crippen LogP) is 3.69. The Hall–Kier alpha value is -2.18. The number of aromatic nitrogens is 3. The van der Waals surface area contributed by atoms with Crippen molar-refractivity contribution >= 4 is 28.5 Å². The second-order valence-electron chi connectivity index (χ2n) is 6.53. The third-order valence-electron chi connectivity index (χ3n) is 4.92. The lowest BCUT2D eigenvalue weighted by Gasteiger charge is -2.35. The fourth-order valence-corrected chi connectivity index (χ4v) is 3.83. The number of aryl methyl sites for hydroxylation is 1. The topological polar surface area (TPSA) is 43.2 Å². The molecule has 2 aromatic heterocycles. The Bertz CT molecular complexity index is 912. The molecule has 1 unspecified atom stereocenters. The number of anilines is 1. The summed E-state index contributed by atoms with van der Waals surface area (Å²) in [5, 5.41) is 1.94. The third kappa shape index (κ3) is 3.27. The van der Waals surface area contributed by atoms with Crippen molar-refractivity contribution in [3.05, 3.63) is 53.2 Å². The quantitative estimate of drug-likeness (QED) is 0.683. The molecule has 3 aromatic rings. The van der Waals surface area contributed by atoms with E-state index in [9.17, 15) is 4.39 Å². The monoisotopic (exact) mass is 374 g/mol. The number of methoxy groups -OCH3 is 1. The van der Waals surface area contributed by atoms with E-state index in [0.717, 1.165) is 29.9 Å². The highest BCUT2D eigenvalue weighted by Crippen LogP contribution is 2.30. The van der Waals surface area contributed by atoms with Crippen LogP contribution in [0, 0.1) is 5.82 Å². The summed E-state index contributed by atoms with van der Waals surface area (Å²) in [5.41, 5.74) is 2.45. The van der Waals surface area contributed by atoms with Crippen LogP contribution in [0.4, 0.5) is 10.3 Å². The van der Waals surface area contributed by atoms with Crippen LogP contribution in [-0.4, -0.2) is 40.8 Å². The second kappa shape index (κ2) is 7.21. The number of benzene rings is 1. The molecule has 1 aliphatic heterocycles. The Balaban J connectivity index is 1.66. The molecule has 4 rings (SSSR count). The van der Waals surface area contributed by atoms with Gasteiger partial charge in [0.1, 0.15) is 0 Å². The number of fused-ring (bicyclic) bond motifs is 3. The molecular weight excluding hydrogens is 355 g/mol. The van der Waals surface area contributed by atoms with Gasteiger partial charge in [0.25, 0.3) is 0 Å². The molecule has 0 fully saturated rings. The van der Waals surface area contributed by atoms with Crippen LogP contribution in [0.5, 0.6) is 0 Å². The van der Waals surface area contributed by atoms with Crippen molar-refractivity contribution in [1.82, 2.24) is 14.5 Å². The van der Waals surface area contributed by atoms with Crippen molar-refractivity contribution in [2.75, 3.05) is 25.2 Å². The van der Waals surface area contributed by atoms with Gasteiger partial charge >= 0.3 is 0 Å². The van der Waals surface area contributed by atoms with E-state index < -0.39 is 5.82 Å². The molecule has 0 bridgehead atoms. The number of hydrogen-bond acceptors (Lipinski definition) is 4. The first-order valence-electron chi connectivity index (χ1n) is 8.66. The highest BCUT2D eigenvalue weighted by Gasteiger charge is 2.27. The molecule has 1 aromatic carbocycles. The van der Waals surface area contributed by atoms with E-state index in [4.69, 9.17) is 16.3 Å². The summed E-state index contributed by atoms with van der Waals surface area (Å²) in [4.78, 5) is 10.5. The lowest BCUT2D eigenvalue weighted by Crippen LogP contribution is -2.44. The fourth-order valence-electron chi connectivity index (χ4n) is 3.67. The van der Waals surface area contributed by atoms with Crippen molar-refractivity contribution in [2.45, 2.75) is 25.4 Å². The van der Waals surface area contributed by atoms with Crippen LogP contribution in [0.2, 0.25) is 5.02 Å². The van der Waals surface area contributed by atoms with Crippen molar-refractivity contribution in [2.24, 2.45) is 0 Å². The van der Waals surface area contributed by atoms with E-state index >= 15 is 0 Å². The van der Waals surface area contributed by atoms with Gasteiger partial charge in [0.15, 0.2) is 5.82 Å². The first-order chi connectivity index (χ1) is 12.7. The van der Waals surface area contributed by atoms with Crippen molar-refractivity contribution < 1.29 is 9.13 Å². The van der Waals surface area contributed by atoms with Gasteiger partial charge in [-0.05, 0) is 36.4 Å². The molecule has 1 aliphatic rings. The minimum Gasteiger partial charge on any atom is -0.383 e. The number of rotatable bonds is 5. The van der Waals surface area contributed by atoms with Crippen LogP contribution in [0.25, 0.3) is 10.9 Å². The van der Waals surface area contributed by atoms with E-state index in [2.05, 4.69) is 31.6 Å².